The van der Waals surface area contributed by atoms with Gasteiger partial charge in [0.25, 0.3) is 0 Å². The van der Waals surface area contributed by atoms with Gasteiger partial charge in [-0.2, -0.15) is 0 Å². The van der Waals surface area contributed by atoms with Crippen LogP contribution in [0.25, 0.3) is 22.3 Å². The van der Waals surface area contributed by atoms with E-state index in [2.05, 4.69) is 44.7 Å². The summed E-state index contributed by atoms with van der Waals surface area (Å²) in [5, 5.41) is 6.86. The number of nitrogens with zero attached hydrogens (tertiary/aromatic N) is 2. The molecule has 2 N–H and O–H groups in total. The van der Waals surface area contributed by atoms with Crippen LogP contribution < -0.4 is 10.6 Å². The van der Waals surface area contributed by atoms with E-state index in [1.165, 1.54) is 11.1 Å². The predicted molar refractivity (Wildman–Crippen MR) is 191 cm³/mol. The van der Waals surface area contributed by atoms with Crippen LogP contribution in [0.15, 0.2) is 84.9 Å². The maximum atomic E-state index is 14.3. The Hall–Kier alpha value is -3.50. The minimum absolute atomic E-state index is 0.176. The van der Waals surface area contributed by atoms with Crippen molar-refractivity contribution in [3.05, 3.63) is 119 Å². The van der Waals surface area contributed by atoms with Crippen LogP contribution in [0.2, 0.25) is 0 Å². The molecule has 2 heterocycles. The lowest BCUT2D eigenvalue weighted by atomic mass is 10.00. The monoisotopic (exact) mass is 656 g/mol. The molecule has 0 amide bonds. The van der Waals surface area contributed by atoms with Gasteiger partial charge in [-0.15, -0.1) is 0 Å². The number of nitrogens with one attached hydrogen (secondary N) is 2. The molecular formula is C40H50F2N4O2. The van der Waals surface area contributed by atoms with Gasteiger partial charge in [-0.05, 0) is 111 Å². The first-order valence-corrected chi connectivity index (χ1v) is 16.9. The van der Waals surface area contributed by atoms with Crippen LogP contribution in [0.3, 0.4) is 0 Å². The van der Waals surface area contributed by atoms with Gasteiger partial charge < -0.3 is 29.9 Å². The van der Waals surface area contributed by atoms with E-state index in [4.69, 9.17) is 9.47 Å². The Labute approximate surface area is 285 Å². The maximum absolute atomic E-state index is 14.3. The molecule has 0 radical (unpaired) electrons. The van der Waals surface area contributed by atoms with Crippen molar-refractivity contribution >= 4 is 0 Å². The summed E-state index contributed by atoms with van der Waals surface area (Å²) in [4.78, 5) is 4.22. The van der Waals surface area contributed by atoms with Gasteiger partial charge in [0.15, 0.2) is 0 Å². The quantitative estimate of drug-likeness (QED) is 0.164. The smallest absolute Gasteiger partial charge is 0.131 e. The van der Waals surface area contributed by atoms with Crippen molar-refractivity contribution in [3.8, 4) is 22.3 Å². The van der Waals surface area contributed by atoms with Crippen molar-refractivity contribution in [1.29, 1.82) is 0 Å². The summed E-state index contributed by atoms with van der Waals surface area (Å²) in [5.41, 5.74) is 7.73. The molecule has 2 aliphatic heterocycles. The molecule has 0 spiro atoms. The highest BCUT2D eigenvalue weighted by Gasteiger charge is 2.17. The van der Waals surface area contributed by atoms with Gasteiger partial charge in [0.2, 0.25) is 0 Å². The zero-order chi connectivity index (χ0) is 33.9. The zero-order valence-electron chi connectivity index (χ0n) is 28.8. The third kappa shape index (κ3) is 10.8. The highest BCUT2D eigenvalue weighted by Crippen LogP contribution is 2.27. The van der Waals surface area contributed by atoms with Gasteiger partial charge >= 0.3 is 0 Å². The molecule has 6 rings (SSSR count). The van der Waals surface area contributed by atoms with Gasteiger partial charge in [-0.3, -0.25) is 0 Å². The Balaban J connectivity index is 0.000000188. The normalized spacial score (nSPS) is 17.3. The van der Waals surface area contributed by atoms with E-state index in [1.807, 2.05) is 76.7 Å². The first-order valence-electron chi connectivity index (χ1n) is 16.9. The van der Waals surface area contributed by atoms with E-state index in [1.54, 1.807) is 12.1 Å². The maximum Gasteiger partial charge on any atom is 0.131 e. The molecule has 256 valence electrons. The molecule has 4 aromatic carbocycles. The largest absolute Gasteiger partial charge is 0.380 e. The lowest BCUT2D eigenvalue weighted by Crippen LogP contribution is -2.36. The minimum atomic E-state index is -0.178. The van der Waals surface area contributed by atoms with E-state index < -0.39 is 0 Å². The molecule has 4 aromatic rings. The van der Waals surface area contributed by atoms with E-state index in [0.29, 0.717) is 23.3 Å². The van der Waals surface area contributed by atoms with Gasteiger partial charge in [0.1, 0.15) is 11.6 Å². The first kappa shape index (κ1) is 35.8. The van der Waals surface area contributed by atoms with E-state index >= 15 is 0 Å². The molecular weight excluding hydrogens is 606 g/mol. The van der Waals surface area contributed by atoms with Crippen molar-refractivity contribution in [2.75, 3.05) is 54.6 Å². The molecule has 0 aromatic heterocycles. The topological polar surface area (TPSA) is 49.0 Å². The van der Waals surface area contributed by atoms with E-state index in [0.717, 1.165) is 87.6 Å². The predicted octanol–water partition coefficient (Wildman–Crippen LogP) is 6.87. The Morgan fingerprint density at radius 2 is 1.23 bits per heavy atom. The molecule has 0 aliphatic carbocycles. The summed E-state index contributed by atoms with van der Waals surface area (Å²) in [7, 11) is 8.13. The number of hydrogen-bond acceptors (Lipinski definition) is 6. The van der Waals surface area contributed by atoms with Crippen molar-refractivity contribution in [3.63, 3.8) is 0 Å². The van der Waals surface area contributed by atoms with Crippen LogP contribution >= 0.6 is 0 Å². The SMILES string of the molecule is CN(C)Cc1cccc(-c2cc(CNCC3CCO3)ccc2F)c1.CN(C)Cc1cccc(-c2cc(CN[C@H]3CCOC3)ccc2F)c1. The molecule has 1 unspecified atom stereocenters. The van der Waals surface area contributed by atoms with Gasteiger partial charge in [0, 0.05) is 63.1 Å². The van der Waals surface area contributed by atoms with Crippen molar-refractivity contribution in [2.45, 2.75) is 51.2 Å². The Morgan fingerprint density at radius 1 is 0.667 bits per heavy atom. The van der Waals surface area contributed by atoms with Crippen molar-refractivity contribution in [2.24, 2.45) is 0 Å². The highest BCUT2D eigenvalue weighted by molar-refractivity contribution is 5.66. The molecule has 2 atom stereocenters. The van der Waals surface area contributed by atoms with E-state index in [9.17, 15) is 8.78 Å². The summed E-state index contributed by atoms with van der Waals surface area (Å²) in [6, 6.07) is 27.3. The Morgan fingerprint density at radius 3 is 1.71 bits per heavy atom. The van der Waals surface area contributed by atoms with Gasteiger partial charge in [-0.1, -0.05) is 48.5 Å². The van der Waals surface area contributed by atoms with Crippen LogP contribution in [0.1, 0.15) is 35.1 Å². The summed E-state index contributed by atoms with van der Waals surface area (Å²) in [6.45, 7) is 6.46. The molecule has 48 heavy (non-hydrogen) atoms. The zero-order valence-corrected chi connectivity index (χ0v) is 28.8. The van der Waals surface area contributed by atoms with Crippen LogP contribution in [0.5, 0.6) is 0 Å². The molecule has 0 saturated carbocycles. The standard InChI is InChI=1S/2C20H25FN2O/c1-23(2)14-16-4-3-5-17(10-16)19-11-15(6-7-20(19)21)12-22-13-18-8-9-24-18;1-23(2)13-16-4-3-5-17(10-16)19-11-15(6-7-20(19)21)12-22-18-8-9-24-14-18/h2*3-7,10-11,18,22H,8-9,12-14H2,1-2H3/t;18-/m.0/s1. The third-order valence-corrected chi connectivity index (χ3v) is 8.55. The number of hydrogen-bond donors (Lipinski definition) is 2. The summed E-state index contributed by atoms with van der Waals surface area (Å²) >= 11 is 0. The Kier molecular flexibility index (Phi) is 13.3. The Bertz CT molecular complexity index is 1600. The fraction of sp³-hybridized carbons (Fsp3) is 0.400. The second-order valence-electron chi connectivity index (χ2n) is 13.4. The van der Waals surface area contributed by atoms with Crippen LogP contribution in [0.4, 0.5) is 8.78 Å². The third-order valence-electron chi connectivity index (χ3n) is 8.55. The van der Waals surface area contributed by atoms with Crippen LogP contribution in [-0.2, 0) is 35.7 Å². The fourth-order valence-corrected chi connectivity index (χ4v) is 5.99. The molecule has 2 saturated heterocycles. The highest BCUT2D eigenvalue weighted by atomic mass is 19.1. The molecule has 0 bridgehead atoms. The fourth-order valence-electron chi connectivity index (χ4n) is 5.99. The number of halogens is 2. The average Bonchev–Trinajstić information content (AvgIpc) is 3.56. The average molecular weight is 657 g/mol. The molecule has 8 heteroatoms. The lowest BCUT2D eigenvalue weighted by Gasteiger charge is -2.26. The second kappa shape index (κ2) is 17.8. The summed E-state index contributed by atoms with van der Waals surface area (Å²) < 4.78 is 39.4. The summed E-state index contributed by atoms with van der Waals surface area (Å²) in [6.07, 6.45) is 2.51. The number of benzene rings is 4. The lowest BCUT2D eigenvalue weighted by molar-refractivity contribution is -0.0484. The second-order valence-corrected chi connectivity index (χ2v) is 13.4. The van der Waals surface area contributed by atoms with Gasteiger partial charge in [0.05, 0.1) is 12.7 Å². The molecule has 2 aliphatic rings. The van der Waals surface area contributed by atoms with Crippen LogP contribution in [0, 0.1) is 11.6 Å². The number of rotatable bonds is 13. The summed E-state index contributed by atoms with van der Waals surface area (Å²) in [5.74, 6) is -0.354. The van der Waals surface area contributed by atoms with E-state index in [-0.39, 0.29) is 11.6 Å². The van der Waals surface area contributed by atoms with Crippen molar-refractivity contribution in [1.82, 2.24) is 20.4 Å². The molecule has 2 fully saturated rings. The number of ether oxygens (including phenoxy) is 2. The van der Waals surface area contributed by atoms with Crippen molar-refractivity contribution < 1.29 is 18.3 Å². The van der Waals surface area contributed by atoms with Gasteiger partial charge in [-0.25, -0.2) is 8.78 Å². The first-order chi connectivity index (χ1) is 23.2. The molecule has 6 nitrogen and oxygen atoms in total. The minimum Gasteiger partial charge on any atom is -0.380 e. The van der Waals surface area contributed by atoms with Crippen LogP contribution in [-0.4, -0.2) is 76.5 Å².